The van der Waals surface area contributed by atoms with Crippen LogP contribution < -0.4 is 5.32 Å². The van der Waals surface area contributed by atoms with Gasteiger partial charge in [-0.3, -0.25) is 9.59 Å². The fourth-order valence-electron chi connectivity index (χ4n) is 5.05. The highest BCUT2D eigenvalue weighted by atomic mass is 32.2. The molecule has 42 heavy (non-hydrogen) atoms. The number of rotatable bonds is 14. The number of benzene rings is 2. The van der Waals surface area contributed by atoms with Crippen LogP contribution in [0.3, 0.4) is 0 Å². The van der Waals surface area contributed by atoms with Gasteiger partial charge in [-0.2, -0.15) is 11.8 Å². The first-order valence-electron chi connectivity index (χ1n) is 13.9. The molecule has 9 nitrogen and oxygen atoms in total. The van der Waals surface area contributed by atoms with Crippen molar-refractivity contribution in [3.8, 4) is 11.1 Å². The van der Waals surface area contributed by atoms with Gasteiger partial charge in [-0.05, 0) is 67.9 Å². The largest absolute Gasteiger partial charge is 0.480 e. The molecule has 3 rings (SSSR count). The molecular weight excluding hydrogens is 556 g/mol. The minimum atomic E-state index is -1.22. The molecule has 2 amide bonds. The highest BCUT2D eigenvalue weighted by Crippen LogP contribution is 2.44. The number of nitrogens with zero attached hydrogens (tertiary/aromatic N) is 1. The van der Waals surface area contributed by atoms with Crippen LogP contribution in [0, 0.1) is 0 Å². The summed E-state index contributed by atoms with van der Waals surface area (Å²) in [5, 5.41) is 12.5. The van der Waals surface area contributed by atoms with Gasteiger partial charge in [0.1, 0.15) is 24.3 Å². The Kier molecular flexibility index (Phi) is 11.6. The third-order valence-electron chi connectivity index (χ3n) is 6.86. The minimum Gasteiger partial charge on any atom is -0.480 e. The molecule has 2 N–H and O–H groups in total. The monoisotopic (exact) mass is 596 g/mol. The fourth-order valence-corrected chi connectivity index (χ4v) is 5.51. The molecule has 0 saturated carbocycles. The Morgan fingerprint density at radius 2 is 1.64 bits per heavy atom. The summed E-state index contributed by atoms with van der Waals surface area (Å²) in [6.45, 7) is 8.87. The number of carbonyl (C=O) groups is 4. The normalized spacial score (nSPS) is 13.7. The van der Waals surface area contributed by atoms with Gasteiger partial charge >= 0.3 is 18.0 Å². The number of ether oxygens (including phenoxy) is 2. The lowest BCUT2D eigenvalue weighted by molar-refractivity contribution is -0.156. The van der Waals surface area contributed by atoms with Crippen LogP contribution in [0.15, 0.2) is 61.2 Å². The van der Waals surface area contributed by atoms with E-state index in [-0.39, 0.29) is 38.3 Å². The summed E-state index contributed by atoms with van der Waals surface area (Å²) in [7, 11) is 0. The minimum absolute atomic E-state index is 0.0364. The van der Waals surface area contributed by atoms with Crippen LogP contribution in [-0.4, -0.2) is 76.8 Å². The van der Waals surface area contributed by atoms with Gasteiger partial charge in [0.05, 0.1) is 0 Å². The van der Waals surface area contributed by atoms with Gasteiger partial charge in [0.15, 0.2) is 0 Å². The number of carboxylic acid groups (broad SMARTS) is 1. The van der Waals surface area contributed by atoms with Crippen molar-refractivity contribution in [1.29, 1.82) is 0 Å². The van der Waals surface area contributed by atoms with E-state index in [1.165, 1.54) is 22.7 Å². The van der Waals surface area contributed by atoms with Gasteiger partial charge in [-0.1, -0.05) is 54.6 Å². The SMILES string of the molecule is C=CCN(C(=O)[C@H](CCC(=O)OC(C)(C)C)NC(=O)OCC1c2ccccc2-c2ccccc21)[C@@H](CCSC)C(=O)O. The van der Waals surface area contributed by atoms with Crippen molar-refractivity contribution in [3.63, 3.8) is 0 Å². The van der Waals surface area contributed by atoms with E-state index < -0.39 is 41.6 Å². The van der Waals surface area contributed by atoms with E-state index in [4.69, 9.17) is 9.47 Å². The van der Waals surface area contributed by atoms with Gasteiger partial charge < -0.3 is 24.8 Å². The highest BCUT2D eigenvalue weighted by molar-refractivity contribution is 7.98. The van der Waals surface area contributed by atoms with E-state index in [2.05, 4.69) is 11.9 Å². The smallest absolute Gasteiger partial charge is 0.407 e. The average Bonchev–Trinajstić information content (AvgIpc) is 3.26. The highest BCUT2D eigenvalue weighted by Gasteiger charge is 2.35. The molecule has 0 saturated heterocycles. The van der Waals surface area contributed by atoms with Gasteiger partial charge in [0.2, 0.25) is 5.91 Å². The van der Waals surface area contributed by atoms with Crippen LogP contribution in [0.1, 0.15) is 57.1 Å². The van der Waals surface area contributed by atoms with Crippen molar-refractivity contribution in [3.05, 3.63) is 72.3 Å². The quantitative estimate of drug-likeness (QED) is 0.224. The number of hydrogen-bond acceptors (Lipinski definition) is 7. The molecule has 1 aliphatic carbocycles. The third kappa shape index (κ3) is 8.61. The Balaban J connectivity index is 1.79. The summed E-state index contributed by atoms with van der Waals surface area (Å²) in [4.78, 5) is 52.6. The Morgan fingerprint density at radius 3 is 2.17 bits per heavy atom. The maximum Gasteiger partial charge on any atom is 0.407 e. The molecule has 10 heteroatoms. The van der Waals surface area contributed by atoms with E-state index >= 15 is 0 Å². The van der Waals surface area contributed by atoms with Crippen LogP contribution in [0.25, 0.3) is 11.1 Å². The average molecular weight is 597 g/mol. The molecule has 0 spiro atoms. The number of thioether (sulfide) groups is 1. The number of esters is 1. The Bertz CT molecular complexity index is 1240. The molecule has 2 aromatic rings. The van der Waals surface area contributed by atoms with E-state index in [1.807, 2.05) is 54.8 Å². The summed E-state index contributed by atoms with van der Waals surface area (Å²) < 4.78 is 11.0. The molecule has 0 unspecified atom stereocenters. The Morgan fingerprint density at radius 1 is 1.05 bits per heavy atom. The summed E-state index contributed by atoms with van der Waals surface area (Å²) in [6, 6.07) is 13.5. The van der Waals surface area contributed by atoms with E-state index in [9.17, 15) is 24.3 Å². The topological polar surface area (TPSA) is 122 Å². The molecule has 0 bridgehead atoms. The van der Waals surface area contributed by atoms with Gasteiger partial charge in [0, 0.05) is 18.9 Å². The van der Waals surface area contributed by atoms with Gasteiger partial charge in [-0.25, -0.2) is 9.59 Å². The van der Waals surface area contributed by atoms with E-state index in [1.54, 1.807) is 20.8 Å². The van der Waals surface area contributed by atoms with Crippen LogP contribution in [0.4, 0.5) is 4.79 Å². The van der Waals surface area contributed by atoms with Crippen molar-refractivity contribution >= 4 is 35.7 Å². The number of fused-ring (bicyclic) bond motifs is 3. The van der Waals surface area contributed by atoms with Gasteiger partial charge in [0.25, 0.3) is 0 Å². The Labute approximate surface area is 251 Å². The number of carbonyl (C=O) groups excluding carboxylic acids is 3. The van der Waals surface area contributed by atoms with E-state index in [0.29, 0.717) is 5.75 Å². The van der Waals surface area contributed by atoms with Gasteiger partial charge in [-0.15, -0.1) is 6.58 Å². The third-order valence-corrected chi connectivity index (χ3v) is 7.50. The summed E-state index contributed by atoms with van der Waals surface area (Å²) >= 11 is 1.46. The Hall–Kier alpha value is -3.79. The first-order chi connectivity index (χ1) is 20.0. The summed E-state index contributed by atoms with van der Waals surface area (Å²) in [5.74, 6) is -2.01. The van der Waals surface area contributed by atoms with E-state index in [0.717, 1.165) is 22.3 Å². The zero-order valence-corrected chi connectivity index (χ0v) is 25.4. The number of nitrogens with one attached hydrogen (secondary N) is 1. The zero-order chi connectivity index (χ0) is 30.9. The maximum absolute atomic E-state index is 13.7. The van der Waals surface area contributed by atoms with Crippen LogP contribution in [-0.2, 0) is 23.9 Å². The maximum atomic E-state index is 13.7. The second kappa shape index (κ2) is 14.9. The molecular formula is C32H40N2O7S. The van der Waals surface area contributed by atoms with Crippen molar-refractivity contribution in [2.45, 2.75) is 63.6 Å². The predicted molar refractivity (Wildman–Crippen MR) is 163 cm³/mol. The van der Waals surface area contributed by atoms with Crippen molar-refractivity contribution in [2.24, 2.45) is 0 Å². The summed E-state index contributed by atoms with van der Waals surface area (Å²) in [5.41, 5.74) is 3.52. The molecule has 0 aliphatic heterocycles. The van der Waals surface area contributed by atoms with Crippen molar-refractivity contribution in [2.75, 3.05) is 25.2 Å². The molecule has 0 radical (unpaired) electrons. The lowest BCUT2D eigenvalue weighted by Gasteiger charge is -2.31. The number of amides is 2. The lowest BCUT2D eigenvalue weighted by Crippen LogP contribution is -2.54. The number of hydrogen-bond donors (Lipinski definition) is 2. The number of aliphatic carboxylic acids is 1. The molecule has 2 aromatic carbocycles. The molecule has 2 atom stereocenters. The zero-order valence-electron chi connectivity index (χ0n) is 24.6. The standard InChI is InChI=1S/C32H40N2O7S/c1-6-18-34(27(30(37)38)17-19-42-5)29(36)26(15-16-28(35)41-32(2,3)4)33-31(39)40-20-25-23-13-9-7-11-21(23)22-12-8-10-14-24(22)25/h6-14,25-27H,1,15-20H2,2-5H3,(H,33,39)(H,37,38)/t26-,27-/m0/s1. The molecule has 1 aliphatic rings. The molecule has 226 valence electrons. The second-order valence-corrected chi connectivity index (χ2v) is 12.0. The molecule has 0 fully saturated rings. The number of alkyl carbamates (subject to hydrolysis) is 1. The van der Waals surface area contributed by atoms with Crippen LogP contribution >= 0.6 is 11.8 Å². The summed E-state index contributed by atoms with van der Waals surface area (Å²) in [6.07, 6.45) is 2.39. The first kappa shape index (κ1) is 32.7. The fraction of sp³-hybridized carbons (Fsp3) is 0.438. The molecule has 0 heterocycles. The first-order valence-corrected chi connectivity index (χ1v) is 15.3. The lowest BCUT2D eigenvalue weighted by atomic mass is 9.98. The van der Waals surface area contributed by atoms with Crippen molar-refractivity contribution < 1.29 is 33.8 Å². The molecule has 0 aromatic heterocycles. The van der Waals surface area contributed by atoms with Crippen molar-refractivity contribution in [1.82, 2.24) is 10.2 Å². The predicted octanol–water partition coefficient (Wildman–Crippen LogP) is 5.24. The number of carboxylic acids is 1. The van der Waals surface area contributed by atoms with Crippen LogP contribution in [0.5, 0.6) is 0 Å². The van der Waals surface area contributed by atoms with Crippen LogP contribution in [0.2, 0.25) is 0 Å². The second-order valence-electron chi connectivity index (χ2n) is 11.1.